The van der Waals surface area contributed by atoms with Gasteiger partial charge in [-0.25, -0.2) is 4.57 Å². The molecule has 2 heterocycles. The number of pyridine rings is 2. The van der Waals surface area contributed by atoms with Gasteiger partial charge in [0.1, 0.15) is 13.5 Å². The highest BCUT2D eigenvalue weighted by atomic mass is 16.6. The molecule has 126 valence electrons. The minimum atomic E-state index is -0.595. The SMILES string of the molecule is CCOC(=O)CC(=O)OC[n+]1ccc(Cc2cc[n+](C)cc2)cc1. The lowest BCUT2D eigenvalue weighted by atomic mass is 10.1. The predicted octanol–water partition coefficient (Wildman–Crippen LogP) is 0.843. The monoisotopic (exact) mass is 330 g/mol. The average molecular weight is 330 g/mol. The molecule has 0 aromatic carbocycles. The van der Waals surface area contributed by atoms with Crippen LogP contribution in [0, 0.1) is 0 Å². The molecule has 2 rings (SSSR count). The minimum Gasteiger partial charge on any atom is -0.466 e. The topological polar surface area (TPSA) is 60.4 Å². The first-order valence-electron chi connectivity index (χ1n) is 7.80. The van der Waals surface area contributed by atoms with Crippen LogP contribution < -0.4 is 9.13 Å². The number of aromatic nitrogens is 2. The zero-order chi connectivity index (χ0) is 17.4. The number of nitrogens with zero attached hydrogens (tertiary/aromatic N) is 2. The summed E-state index contributed by atoms with van der Waals surface area (Å²) in [5, 5.41) is 0. The molecule has 6 nitrogen and oxygen atoms in total. The third-order valence-corrected chi connectivity index (χ3v) is 3.38. The molecule has 0 atom stereocenters. The summed E-state index contributed by atoms with van der Waals surface area (Å²) in [5.74, 6) is -1.17. The van der Waals surface area contributed by atoms with Crippen molar-refractivity contribution >= 4 is 11.9 Å². The predicted molar refractivity (Wildman–Crippen MR) is 84.4 cm³/mol. The number of hydrogen-bond acceptors (Lipinski definition) is 4. The van der Waals surface area contributed by atoms with E-state index in [1.807, 2.05) is 48.5 Å². The molecule has 0 unspecified atom stereocenters. The Morgan fingerprint density at radius 3 is 2.04 bits per heavy atom. The Morgan fingerprint density at radius 2 is 1.46 bits per heavy atom. The normalized spacial score (nSPS) is 10.2. The van der Waals surface area contributed by atoms with E-state index in [0.717, 1.165) is 12.0 Å². The van der Waals surface area contributed by atoms with Gasteiger partial charge in [-0.15, -0.1) is 0 Å². The smallest absolute Gasteiger partial charge is 0.321 e. The van der Waals surface area contributed by atoms with Gasteiger partial charge in [-0.2, -0.15) is 4.57 Å². The minimum absolute atomic E-state index is 0.0691. The molecule has 24 heavy (non-hydrogen) atoms. The largest absolute Gasteiger partial charge is 0.466 e. The molecule has 0 bridgehead atoms. The Bertz CT molecular complexity index is 681. The van der Waals surface area contributed by atoms with Crippen molar-refractivity contribution in [1.29, 1.82) is 0 Å². The third-order valence-electron chi connectivity index (χ3n) is 3.38. The molecule has 0 spiro atoms. The van der Waals surface area contributed by atoms with Crippen LogP contribution in [0.3, 0.4) is 0 Å². The maximum atomic E-state index is 11.5. The first kappa shape index (κ1) is 17.6. The van der Waals surface area contributed by atoms with Crippen LogP contribution in [-0.4, -0.2) is 18.5 Å². The van der Waals surface area contributed by atoms with Crippen molar-refractivity contribution in [1.82, 2.24) is 0 Å². The van der Waals surface area contributed by atoms with E-state index in [1.165, 1.54) is 5.56 Å². The Morgan fingerprint density at radius 1 is 0.917 bits per heavy atom. The Labute approximate surface area is 141 Å². The summed E-state index contributed by atoms with van der Waals surface area (Å²) in [4.78, 5) is 22.7. The van der Waals surface area contributed by atoms with Crippen molar-refractivity contribution in [2.75, 3.05) is 6.61 Å². The quantitative estimate of drug-likeness (QED) is 0.429. The molecule has 0 N–H and O–H groups in total. The van der Waals surface area contributed by atoms with E-state index in [-0.39, 0.29) is 19.8 Å². The number of rotatable bonds is 7. The molecule has 2 aromatic heterocycles. The van der Waals surface area contributed by atoms with Gasteiger partial charge in [0.2, 0.25) is 0 Å². The van der Waals surface area contributed by atoms with Gasteiger partial charge in [-0.1, -0.05) is 0 Å². The second kappa shape index (κ2) is 8.76. The fraction of sp³-hybridized carbons (Fsp3) is 0.333. The van der Waals surface area contributed by atoms with E-state index >= 15 is 0 Å². The van der Waals surface area contributed by atoms with Crippen LogP contribution in [0.15, 0.2) is 49.1 Å². The van der Waals surface area contributed by atoms with Crippen molar-refractivity contribution in [3.05, 3.63) is 60.2 Å². The summed E-state index contributed by atoms with van der Waals surface area (Å²) >= 11 is 0. The summed E-state index contributed by atoms with van der Waals surface area (Å²) in [6, 6.07) is 8.12. The number of esters is 2. The third kappa shape index (κ3) is 5.79. The van der Waals surface area contributed by atoms with Crippen LogP contribution in [-0.2, 0) is 39.3 Å². The molecule has 0 saturated heterocycles. The highest BCUT2D eigenvalue weighted by molar-refractivity contribution is 5.91. The molecular formula is C18H22N2O4+2. The number of carbonyl (C=O) groups is 2. The molecule has 0 radical (unpaired) electrons. The van der Waals surface area contributed by atoms with Gasteiger partial charge in [-0.05, 0) is 24.5 Å². The zero-order valence-corrected chi connectivity index (χ0v) is 14.0. The first-order valence-corrected chi connectivity index (χ1v) is 7.80. The Hall–Kier alpha value is -2.76. The van der Waals surface area contributed by atoms with E-state index in [2.05, 4.69) is 12.1 Å². The number of aryl methyl sites for hydroxylation is 1. The number of hydrogen-bond donors (Lipinski definition) is 0. The lowest BCUT2D eigenvalue weighted by Gasteiger charge is -2.03. The highest BCUT2D eigenvalue weighted by Gasteiger charge is 2.13. The van der Waals surface area contributed by atoms with Gasteiger partial charge in [0, 0.05) is 24.3 Å². The molecule has 0 aliphatic rings. The Kier molecular flexibility index (Phi) is 6.42. The maximum Gasteiger partial charge on any atom is 0.321 e. The van der Waals surface area contributed by atoms with Gasteiger partial charge < -0.3 is 9.47 Å². The maximum absolute atomic E-state index is 11.5. The zero-order valence-electron chi connectivity index (χ0n) is 14.0. The summed E-state index contributed by atoms with van der Waals surface area (Å²) in [7, 11) is 1.98. The van der Waals surface area contributed by atoms with Crippen molar-refractivity contribution in [2.45, 2.75) is 26.5 Å². The fourth-order valence-electron chi connectivity index (χ4n) is 2.10. The van der Waals surface area contributed by atoms with Gasteiger partial charge >= 0.3 is 11.9 Å². The molecule has 0 saturated carbocycles. The first-order chi connectivity index (χ1) is 11.6. The molecule has 0 amide bonds. The Balaban J connectivity index is 1.82. The van der Waals surface area contributed by atoms with E-state index in [4.69, 9.17) is 9.47 Å². The molecule has 0 aliphatic heterocycles. The van der Waals surface area contributed by atoms with Crippen molar-refractivity contribution in [2.24, 2.45) is 7.05 Å². The van der Waals surface area contributed by atoms with Crippen LogP contribution in [0.5, 0.6) is 0 Å². The lowest BCUT2D eigenvalue weighted by molar-refractivity contribution is -0.727. The van der Waals surface area contributed by atoms with E-state index in [0.29, 0.717) is 0 Å². The highest BCUT2D eigenvalue weighted by Crippen LogP contribution is 2.05. The lowest BCUT2D eigenvalue weighted by Crippen LogP contribution is -2.35. The molecule has 0 fully saturated rings. The average Bonchev–Trinajstić information content (AvgIpc) is 2.56. The van der Waals surface area contributed by atoms with Crippen LogP contribution in [0.2, 0.25) is 0 Å². The summed E-state index contributed by atoms with van der Waals surface area (Å²) in [6.45, 7) is 2.01. The summed E-state index contributed by atoms with van der Waals surface area (Å²) in [5.41, 5.74) is 2.39. The molecular weight excluding hydrogens is 308 g/mol. The van der Waals surface area contributed by atoms with Gasteiger partial charge in [0.15, 0.2) is 24.8 Å². The fourth-order valence-corrected chi connectivity index (χ4v) is 2.10. The summed E-state index contributed by atoms with van der Waals surface area (Å²) < 4.78 is 13.5. The van der Waals surface area contributed by atoms with Crippen LogP contribution in [0.1, 0.15) is 24.5 Å². The van der Waals surface area contributed by atoms with Crippen LogP contribution in [0.25, 0.3) is 0 Å². The number of carbonyl (C=O) groups excluding carboxylic acids is 2. The second-order valence-corrected chi connectivity index (χ2v) is 5.40. The molecule has 6 heteroatoms. The van der Waals surface area contributed by atoms with Gasteiger partial charge in [0.05, 0.1) is 6.61 Å². The van der Waals surface area contributed by atoms with E-state index in [1.54, 1.807) is 11.5 Å². The van der Waals surface area contributed by atoms with Crippen LogP contribution >= 0.6 is 0 Å². The van der Waals surface area contributed by atoms with Crippen molar-refractivity contribution in [3.63, 3.8) is 0 Å². The van der Waals surface area contributed by atoms with Gasteiger partial charge in [-0.3, -0.25) is 9.59 Å². The van der Waals surface area contributed by atoms with Gasteiger partial charge in [0.25, 0.3) is 6.73 Å². The van der Waals surface area contributed by atoms with E-state index in [9.17, 15) is 9.59 Å². The van der Waals surface area contributed by atoms with Crippen molar-refractivity contribution in [3.8, 4) is 0 Å². The molecule has 2 aromatic rings. The van der Waals surface area contributed by atoms with E-state index < -0.39 is 11.9 Å². The van der Waals surface area contributed by atoms with Crippen LogP contribution in [0.4, 0.5) is 0 Å². The number of ether oxygens (including phenoxy) is 2. The second-order valence-electron chi connectivity index (χ2n) is 5.40. The standard InChI is InChI=1S/C18H22N2O4/c1-3-23-17(21)13-18(22)24-14-20-10-6-16(7-11-20)12-15-4-8-19(2)9-5-15/h4-11H,3,12-14H2,1-2H3/q+2. The molecule has 0 aliphatic carbocycles. The summed E-state index contributed by atoms with van der Waals surface area (Å²) in [6.07, 6.45) is 8.19. The van der Waals surface area contributed by atoms with Crippen molar-refractivity contribution < 1.29 is 28.2 Å².